The van der Waals surface area contributed by atoms with E-state index in [-0.39, 0.29) is 0 Å². The first-order chi connectivity index (χ1) is 12.4. The predicted molar refractivity (Wildman–Crippen MR) is 98.9 cm³/mol. The van der Waals surface area contributed by atoms with Crippen molar-refractivity contribution in [3.8, 4) is 16.3 Å². The van der Waals surface area contributed by atoms with Crippen LogP contribution in [0.25, 0.3) is 16.3 Å². The van der Waals surface area contributed by atoms with Gasteiger partial charge in [-0.1, -0.05) is 53.6 Å². The number of rotatable bonds is 6. The average Bonchev–Trinajstić information content (AvgIpc) is 3.33. The summed E-state index contributed by atoms with van der Waals surface area (Å²) >= 11 is 1.67. The minimum Gasteiger partial charge on any atom is -0.352 e. The molecule has 0 aliphatic rings. The first-order valence-electron chi connectivity index (χ1n) is 7.98. The molecule has 0 spiro atoms. The number of thiazole rings is 1. The van der Waals surface area contributed by atoms with Crippen molar-refractivity contribution in [3.05, 3.63) is 71.7 Å². The molecule has 0 amide bonds. The SMILES string of the molecule is c1ccc(-c2nc(CCNc3nnnn3-c3ccccc3)cs2)cc1. The Morgan fingerprint density at radius 1 is 0.960 bits per heavy atom. The summed E-state index contributed by atoms with van der Waals surface area (Å²) in [4.78, 5) is 4.70. The van der Waals surface area contributed by atoms with Crippen LogP contribution in [0.3, 0.4) is 0 Å². The highest BCUT2D eigenvalue weighted by Gasteiger charge is 2.08. The second-order valence-corrected chi connectivity index (χ2v) is 6.29. The van der Waals surface area contributed by atoms with Gasteiger partial charge in [0.05, 0.1) is 11.4 Å². The van der Waals surface area contributed by atoms with Gasteiger partial charge >= 0.3 is 0 Å². The van der Waals surface area contributed by atoms with Crippen LogP contribution in [0.15, 0.2) is 66.0 Å². The molecule has 0 atom stereocenters. The van der Waals surface area contributed by atoms with Crippen molar-refractivity contribution in [3.63, 3.8) is 0 Å². The summed E-state index contributed by atoms with van der Waals surface area (Å²) in [6, 6.07) is 20.0. The smallest absolute Gasteiger partial charge is 0.247 e. The van der Waals surface area contributed by atoms with E-state index in [2.05, 4.69) is 38.4 Å². The third-order valence-corrected chi connectivity index (χ3v) is 4.65. The van der Waals surface area contributed by atoms with Crippen molar-refractivity contribution in [1.29, 1.82) is 0 Å². The maximum atomic E-state index is 4.70. The Morgan fingerprint density at radius 2 is 1.72 bits per heavy atom. The quantitative estimate of drug-likeness (QED) is 0.578. The zero-order chi connectivity index (χ0) is 16.9. The van der Waals surface area contributed by atoms with E-state index in [0.29, 0.717) is 12.5 Å². The van der Waals surface area contributed by atoms with Gasteiger partial charge in [0.1, 0.15) is 5.01 Å². The molecule has 6 nitrogen and oxygen atoms in total. The van der Waals surface area contributed by atoms with Crippen LogP contribution in [0.5, 0.6) is 0 Å². The van der Waals surface area contributed by atoms with Gasteiger partial charge in [-0.3, -0.25) is 0 Å². The largest absolute Gasteiger partial charge is 0.352 e. The van der Waals surface area contributed by atoms with Crippen LogP contribution in [-0.2, 0) is 6.42 Å². The number of anilines is 1. The average molecular weight is 348 g/mol. The molecule has 0 unspecified atom stereocenters. The summed E-state index contributed by atoms with van der Waals surface area (Å²) in [5.41, 5.74) is 3.14. The summed E-state index contributed by atoms with van der Waals surface area (Å²) in [6.07, 6.45) is 0.810. The normalized spacial score (nSPS) is 10.7. The molecule has 0 fully saturated rings. The van der Waals surface area contributed by atoms with E-state index in [1.807, 2.05) is 48.5 Å². The topological polar surface area (TPSA) is 68.5 Å². The van der Waals surface area contributed by atoms with Crippen LogP contribution in [-0.4, -0.2) is 31.7 Å². The highest BCUT2D eigenvalue weighted by Crippen LogP contribution is 2.23. The Hall–Kier alpha value is -3.06. The molecule has 0 saturated carbocycles. The Balaban J connectivity index is 1.39. The predicted octanol–water partition coefficient (Wildman–Crippen LogP) is 3.44. The van der Waals surface area contributed by atoms with Gasteiger partial charge in [-0.2, -0.15) is 4.68 Å². The molecule has 2 heterocycles. The van der Waals surface area contributed by atoms with Crippen LogP contribution in [0.4, 0.5) is 5.95 Å². The van der Waals surface area contributed by atoms with Crippen LogP contribution in [0.1, 0.15) is 5.69 Å². The number of aromatic nitrogens is 5. The summed E-state index contributed by atoms with van der Waals surface area (Å²) in [5.74, 6) is 0.629. The molecule has 7 heteroatoms. The van der Waals surface area contributed by atoms with Crippen LogP contribution in [0, 0.1) is 0 Å². The fraction of sp³-hybridized carbons (Fsp3) is 0.111. The summed E-state index contributed by atoms with van der Waals surface area (Å²) in [7, 11) is 0. The Bertz CT molecular complexity index is 932. The standard InChI is InChI=1S/C18H16N6S/c1-3-7-14(8-4-1)17-20-15(13-25-17)11-12-19-18-21-22-23-24(18)16-9-5-2-6-10-16/h1-10,13H,11-12H2,(H,19,21,23). The fourth-order valence-corrected chi connectivity index (χ4v) is 3.34. The zero-order valence-corrected chi connectivity index (χ0v) is 14.2. The van der Waals surface area contributed by atoms with Crippen molar-refractivity contribution < 1.29 is 0 Å². The van der Waals surface area contributed by atoms with E-state index in [4.69, 9.17) is 4.98 Å². The lowest BCUT2D eigenvalue weighted by Gasteiger charge is -2.05. The van der Waals surface area contributed by atoms with Crippen molar-refractivity contribution in [2.45, 2.75) is 6.42 Å². The van der Waals surface area contributed by atoms with Crippen LogP contribution < -0.4 is 5.32 Å². The fourth-order valence-electron chi connectivity index (χ4n) is 2.48. The monoisotopic (exact) mass is 348 g/mol. The minimum absolute atomic E-state index is 0.629. The highest BCUT2D eigenvalue weighted by molar-refractivity contribution is 7.13. The van der Waals surface area contributed by atoms with Crippen molar-refractivity contribution >= 4 is 17.3 Å². The van der Waals surface area contributed by atoms with E-state index in [1.54, 1.807) is 16.0 Å². The van der Waals surface area contributed by atoms with Gasteiger partial charge in [-0.25, -0.2) is 4.98 Å². The molecule has 1 N–H and O–H groups in total. The molecule has 0 bridgehead atoms. The molecule has 4 rings (SSSR count). The van der Waals surface area contributed by atoms with E-state index in [0.717, 1.165) is 28.4 Å². The van der Waals surface area contributed by atoms with E-state index in [1.165, 1.54) is 0 Å². The first kappa shape index (κ1) is 15.5. The molecule has 0 aliphatic carbocycles. The Morgan fingerprint density at radius 3 is 2.52 bits per heavy atom. The second kappa shape index (κ2) is 7.23. The molecule has 0 radical (unpaired) electrons. The lowest BCUT2D eigenvalue weighted by molar-refractivity contribution is 0.788. The van der Waals surface area contributed by atoms with Gasteiger partial charge in [0.15, 0.2) is 0 Å². The maximum Gasteiger partial charge on any atom is 0.247 e. The van der Waals surface area contributed by atoms with Gasteiger partial charge in [-0.15, -0.1) is 11.3 Å². The van der Waals surface area contributed by atoms with Gasteiger partial charge < -0.3 is 5.32 Å². The highest BCUT2D eigenvalue weighted by atomic mass is 32.1. The van der Waals surface area contributed by atoms with Gasteiger partial charge in [-0.05, 0) is 22.6 Å². The molecular formula is C18H16N6S. The van der Waals surface area contributed by atoms with Crippen molar-refractivity contribution in [2.24, 2.45) is 0 Å². The van der Waals surface area contributed by atoms with Crippen molar-refractivity contribution in [2.75, 3.05) is 11.9 Å². The molecule has 25 heavy (non-hydrogen) atoms. The Labute approximate surface area is 149 Å². The summed E-state index contributed by atoms with van der Waals surface area (Å²) in [5, 5.41) is 18.3. The number of para-hydroxylation sites is 1. The van der Waals surface area contributed by atoms with E-state index < -0.39 is 0 Å². The molecule has 4 aromatic rings. The van der Waals surface area contributed by atoms with Crippen LogP contribution in [0.2, 0.25) is 0 Å². The second-order valence-electron chi connectivity index (χ2n) is 5.44. The number of nitrogens with zero attached hydrogens (tertiary/aromatic N) is 5. The van der Waals surface area contributed by atoms with E-state index >= 15 is 0 Å². The van der Waals surface area contributed by atoms with Crippen molar-refractivity contribution in [1.82, 2.24) is 25.2 Å². The third kappa shape index (κ3) is 3.56. The molecule has 0 saturated heterocycles. The number of benzene rings is 2. The molecule has 124 valence electrons. The third-order valence-electron chi connectivity index (χ3n) is 3.71. The summed E-state index contributed by atoms with van der Waals surface area (Å²) < 4.78 is 1.69. The molecule has 0 aliphatic heterocycles. The van der Waals surface area contributed by atoms with Gasteiger partial charge in [0, 0.05) is 23.9 Å². The lowest BCUT2D eigenvalue weighted by atomic mass is 10.2. The lowest BCUT2D eigenvalue weighted by Crippen LogP contribution is -2.10. The van der Waals surface area contributed by atoms with Gasteiger partial charge in [0.25, 0.3) is 0 Å². The first-order valence-corrected chi connectivity index (χ1v) is 8.85. The minimum atomic E-state index is 0.629. The molecule has 2 aromatic carbocycles. The number of hydrogen-bond acceptors (Lipinski definition) is 6. The Kier molecular flexibility index (Phi) is 4.47. The van der Waals surface area contributed by atoms with E-state index in [9.17, 15) is 0 Å². The molecule has 2 aromatic heterocycles. The number of tetrazole rings is 1. The molecular weight excluding hydrogens is 332 g/mol. The van der Waals surface area contributed by atoms with Crippen LogP contribution >= 0.6 is 11.3 Å². The van der Waals surface area contributed by atoms with Gasteiger partial charge in [0.2, 0.25) is 5.95 Å². The summed E-state index contributed by atoms with van der Waals surface area (Å²) in [6.45, 7) is 0.713. The maximum absolute atomic E-state index is 4.70. The number of hydrogen-bond donors (Lipinski definition) is 1. The zero-order valence-electron chi connectivity index (χ0n) is 13.4. The number of nitrogens with one attached hydrogen (secondary N) is 1.